The average Bonchev–Trinajstić information content (AvgIpc) is 3.76. The Morgan fingerprint density at radius 1 is 1.00 bits per heavy atom. The third-order valence-corrected chi connectivity index (χ3v) is 13.1. The van der Waals surface area contributed by atoms with Crippen molar-refractivity contribution in [3.63, 3.8) is 0 Å². The van der Waals surface area contributed by atoms with Gasteiger partial charge in [-0.25, -0.2) is 14.8 Å². The number of hydrogen-bond donors (Lipinski definition) is 2. The fraction of sp³-hybridized carbons (Fsp3) is 0.463. The molecule has 1 amide bonds. The number of carbonyl (C=O) groups is 2. The number of thiazole rings is 1. The molecule has 10 rings (SSSR count). The number of fused-ring (bicyclic) bond motifs is 2. The number of nitrogens with one attached hydrogen (secondary N) is 2. The first-order chi connectivity index (χ1) is 25.0. The number of rotatable bonds is 7. The quantitative estimate of drug-likeness (QED) is 0.161. The largest absolute Gasteiger partial charge is 0.455 e. The molecule has 4 aliphatic carbocycles. The summed E-state index contributed by atoms with van der Waals surface area (Å²) in [7, 11) is 0. The summed E-state index contributed by atoms with van der Waals surface area (Å²) >= 11 is 1.43. The minimum atomic E-state index is -0.691. The highest BCUT2D eigenvalue weighted by Gasteiger charge is 2.54. The topological polar surface area (TPSA) is 126 Å². The third-order valence-electron chi connectivity index (χ3n) is 12.1. The molecule has 52 heavy (non-hydrogen) atoms. The van der Waals surface area contributed by atoms with Crippen molar-refractivity contribution in [3.8, 4) is 11.1 Å². The van der Waals surface area contributed by atoms with Crippen LogP contribution in [0.5, 0.6) is 0 Å². The van der Waals surface area contributed by atoms with Gasteiger partial charge in [0, 0.05) is 47.6 Å². The first kappa shape index (κ1) is 33.2. The summed E-state index contributed by atoms with van der Waals surface area (Å²) in [5, 5.41) is 11.5. The Bertz CT molecular complexity index is 2130. The highest BCUT2D eigenvalue weighted by Crippen LogP contribution is 2.64. The molecule has 0 radical (unpaired) electrons. The van der Waals surface area contributed by atoms with Gasteiger partial charge in [-0.2, -0.15) is 5.10 Å². The fourth-order valence-electron chi connectivity index (χ4n) is 10.2. The Hall–Kier alpha value is -4.64. The van der Waals surface area contributed by atoms with E-state index in [1.807, 2.05) is 57.3 Å². The van der Waals surface area contributed by atoms with Crippen LogP contribution in [0, 0.1) is 23.2 Å². The first-order valence-electron chi connectivity index (χ1n) is 18.7. The second kappa shape index (κ2) is 12.5. The summed E-state index contributed by atoms with van der Waals surface area (Å²) in [6, 6.07) is 11.8. The van der Waals surface area contributed by atoms with Crippen molar-refractivity contribution >= 4 is 44.4 Å². The molecular formula is C41H45N7O3S. The fourth-order valence-corrected chi connectivity index (χ4v) is 11.0. The predicted octanol–water partition coefficient (Wildman–Crippen LogP) is 8.57. The first-order valence-corrected chi connectivity index (χ1v) is 19.5. The zero-order valence-electron chi connectivity index (χ0n) is 30.2. The smallest absolute Gasteiger partial charge is 0.358 e. The molecule has 1 unspecified atom stereocenters. The van der Waals surface area contributed by atoms with E-state index >= 15 is 0 Å². The van der Waals surface area contributed by atoms with E-state index in [1.165, 1.54) is 49.9 Å². The van der Waals surface area contributed by atoms with Crippen LogP contribution in [0.4, 0.5) is 10.9 Å². The van der Waals surface area contributed by atoms with Crippen LogP contribution in [-0.4, -0.2) is 49.2 Å². The summed E-state index contributed by atoms with van der Waals surface area (Å²) < 4.78 is 6.94. The van der Waals surface area contributed by atoms with Crippen molar-refractivity contribution in [1.29, 1.82) is 0 Å². The van der Waals surface area contributed by atoms with Gasteiger partial charge in [0.1, 0.15) is 16.9 Å². The van der Waals surface area contributed by atoms with Crippen molar-refractivity contribution in [3.05, 3.63) is 83.1 Å². The van der Waals surface area contributed by atoms with E-state index in [0.717, 1.165) is 62.3 Å². The number of esters is 1. The lowest BCUT2D eigenvalue weighted by Crippen LogP contribution is -2.48. The summed E-state index contributed by atoms with van der Waals surface area (Å²) in [5.74, 6) is 2.81. The molecule has 10 nitrogen and oxygen atoms in total. The second-order valence-corrected chi connectivity index (χ2v) is 17.7. The molecule has 4 bridgehead atoms. The molecule has 1 atom stereocenters. The van der Waals surface area contributed by atoms with Gasteiger partial charge in [-0.15, -0.1) is 0 Å². The van der Waals surface area contributed by atoms with E-state index in [2.05, 4.69) is 43.4 Å². The van der Waals surface area contributed by atoms with Crippen LogP contribution in [0.1, 0.15) is 110 Å². The zero-order chi connectivity index (χ0) is 35.8. The van der Waals surface area contributed by atoms with E-state index in [0.29, 0.717) is 29.6 Å². The lowest BCUT2D eigenvalue weighted by atomic mass is 9.46. The summed E-state index contributed by atoms with van der Waals surface area (Å²) in [6.45, 7) is 9.18. The summed E-state index contributed by atoms with van der Waals surface area (Å²) in [5.41, 5.74) is 6.05. The Balaban J connectivity index is 1.03. The van der Waals surface area contributed by atoms with Crippen LogP contribution >= 0.6 is 11.3 Å². The highest BCUT2D eigenvalue weighted by molar-refractivity contribution is 7.22. The zero-order valence-corrected chi connectivity index (χ0v) is 31.1. The van der Waals surface area contributed by atoms with Crippen LogP contribution in [0.15, 0.2) is 55.0 Å². The van der Waals surface area contributed by atoms with E-state index in [9.17, 15) is 9.59 Å². The van der Waals surface area contributed by atoms with Gasteiger partial charge >= 0.3 is 5.97 Å². The molecule has 4 fully saturated rings. The number of anilines is 2. The molecule has 0 spiro atoms. The second-order valence-electron chi connectivity index (χ2n) is 16.7. The Labute approximate surface area is 307 Å². The number of H-pyrrole nitrogens is 1. The average molecular weight is 716 g/mol. The number of nitrogens with zero attached hydrogens (tertiary/aromatic N) is 5. The standard InChI is InChI=1S/C41H45N7O3S/c1-23(41-17-24-14-25(18-41)16-26(15-24)19-41)35-30(20-43-47-35)28-8-9-34(45-36(28)38(50)51-40(2,3)4)48-13-11-27-6-5-7-29(31(27)22-48)37(49)46-39-44-32-21-42-12-10-33(32)52-39/h5-10,12,20-21,23-26H,11,13-19,22H2,1-4H3,(H,43,47)(H,44,46,49). The monoisotopic (exact) mass is 715 g/mol. The number of amides is 1. The van der Waals surface area contributed by atoms with Crippen molar-refractivity contribution in [2.24, 2.45) is 23.2 Å². The highest BCUT2D eigenvalue weighted by atomic mass is 32.1. The molecular weight excluding hydrogens is 671 g/mol. The molecule has 5 aliphatic rings. The van der Waals surface area contributed by atoms with E-state index in [4.69, 9.17) is 9.72 Å². The van der Waals surface area contributed by atoms with Crippen molar-refractivity contribution in [2.75, 3.05) is 16.8 Å². The molecule has 1 aliphatic heterocycles. The molecule has 5 aromatic rings. The van der Waals surface area contributed by atoms with Crippen LogP contribution in [0.3, 0.4) is 0 Å². The predicted molar refractivity (Wildman–Crippen MR) is 203 cm³/mol. The van der Waals surface area contributed by atoms with E-state index in [-0.39, 0.29) is 22.9 Å². The molecule has 1 aromatic carbocycles. The molecule has 11 heteroatoms. The number of ether oxygens (including phenoxy) is 1. The Kier molecular flexibility index (Phi) is 7.98. The maximum atomic E-state index is 14.0. The van der Waals surface area contributed by atoms with Gasteiger partial charge in [0.15, 0.2) is 10.8 Å². The molecule has 4 saturated carbocycles. The normalized spacial score (nSPS) is 24.2. The number of aromatic nitrogens is 5. The van der Waals surface area contributed by atoms with Gasteiger partial charge in [0.2, 0.25) is 0 Å². The summed E-state index contributed by atoms with van der Waals surface area (Å²) in [6.07, 6.45) is 14.0. The van der Waals surface area contributed by atoms with Crippen LogP contribution in [0.2, 0.25) is 0 Å². The number of benzene rings is 1. The van der Waals surface area contributed by atoms with Gasteiger partial charge in [-0.05, 0) is 124 Å². The van der Waals surface area contributed by atoms with Gasteiger partial charge in [-0.3, -0.25) is 20.2 Å². The molecule has 4 aromatic heterocycles. The molecule has 0 saturated heterocycles. The Morgan fingerprint density at radius 2 is 1.77 bits per heavy atom. The van der Waals surface area contributed by atoms with E-state index < -0.39 is 11.6 Å². The van der Waals surface area contributed by atoms with Gasteiger partial charge in [0.25, 0.3) is 5.91 Å². The molecule has 268 valence electrons. The maximum absolute atomic E-state index is 14.0. The number of aromatic amines is 1. The van der Waals surface area contributed by atoms with E-state index in [1.54, 1.807) is 12.4 Å². The molecule has 5 heterocycles. The minimum Gasteiger partial charge on any atom is -0.455 e. The third kappa shape index (κ3) is 5.96. The Morgan fingerprint density at radius 3 is 2.50 bits per heavy atom. The SMILES string of the molecule is CC(c1[nH]ncc1-c1ccc(N2CCc3cccc(C(=O)Nc4nc5cnccc5s4)c3C2)nc1C(=O)OC(C)(C)C)C12CC3CC(CC(C3)C1)C2. The van der Waals surface area contributed by atoms with Crippen molar-refractivity contribution < 1.29 is 14.3 Å². The summed E-state index contributed by atoms with van der Waals surface area (Å²) in [4.78, 5) is 43.6. The van der Waals surface area contributed by atoms with Crippen LogP contribution in [-0.2, 0) is 17.7 Å². The number of carbonyl (C=O) groups excluding carboxylic acids is 2. The maximum Gasteiger partial charge on any atom is 0.358 e. The van der Waals surface area contributed by atoms with Crippen molar-refractivity contribution in [2.45, 2.75) is 90.7 Å². The molecule has 2 N–H and O–H groups in total. The van der Waals surface area contributed by atoms with Gasteiger partial charge in [0.05, 0.1) is 17.1 Å². The van der Waals surface area contributed by atoms with Crippen LogP contribution < -0.4 is 10.2 Å². The van der Waals surface area contributed by atoms with Crippen molar-refractivity contribution in [1.82, 2.24) is 25.1 Å². The lowest BCUT2D eigenvalue weighted by molar-refractivity contribution is -0.0661. The lowest BCUT2D eigenvalue weighted by Gasteiger charge is -2.59. The van der Waals surface area contributed by atoms with Crippen LogP contribution in [0.25, 0.3) is 21.3 Å². The number of pyridine rings is 2. The minimum absolute atomic E-state index is 0.205. The number of hydrogen-bond acceptors (Lipinski definition) is 9. The van der Waals surface area contributed by atoms with Gasteiger partial charge < -0.3 is 9.64 Å². The van der Waals surface area contributed by atoms with Gasteiger partial charge in [-0.1, -0.05) is 30.4 Å².